The molecule has 0 atom stereocenters. The van der Waals surface area contributed by atoms with Crippen LogP contribution in [-0.2, 0) is 0 Å². The second-order valence-corrected chi connectivity index (χ2v) is 3.59. The van der Waals surface area contributed by atoms with Crippen molar-refractivity contribution in [1.29, 1.82) is 0 Å². The smallest absolute Gasteiger partial charge is 0.0951 e. The SMILES string of the molecule is CCNSC=NN1CCCCC1. The molecular formula is C8H17N3S. The van der Waals surface area contributed by atoms with E-state index in [0.29, 0.717) is 0 Å². The van der Waals surface area contributed by atoms with E-state index in [1.807, 2.05) is 5.55 Å². The fourth-order valence-electron chi connectivity index (χ4n) is 1.20. The molecule has 0 aromatic carbocycles. The predicted octanol–water partition coefficient (Wildman–Crippen LogP) is 1.67. The minimum Gasteiger partial charge on any atom is -0.297 e. The molecule has 1 heterocycles. The van der Waals surface area contributed by atoms with Gasteiger partial charge in [-0.2, -0.15) is 5.10 Å². The molecule has 70 valence electrons. The van der Waals surface area contributed by atoms with Crippen molar-refractivity contribution >= 4 is 17.5 Å². The van der Waals surface area contributed by atoms with Crippen molar-refractivity contribution in [2.45, 2.75) is 26.2 Å². The number of piperidine rings is 1. The predicted molar refractivity (Wildman–Crippen MR) is 55.2 cm³/mol. The number of nitrogens with one attached hydrogen (secondary N) is 1. The van der Waals surface area contributed by atoms with Gasteiger partial charge in [0.05, 0.1) is 5.55 Å². The fourth-order valence-corrected chi connectivity index (χ4v) is 1.63. The minimum atomic E-state index is 0.983. The van der Waals surface area contributed by atoms with E-state index in [4.69, 9.17) is 0 Å². The molecule has 0 unspecified atom stereocenters. The molecule has 1 fully saturated rings. The van der Waals surface area contributed by atoms with Crippen molar-refractivity contribution in [3.8, 4) is 0 Å². The van der Waals surface area contributed by atoms with Gasteiger partial charge in [0.2, 0.25) is 0 Å². The Kier molecular flexibility index (Phi) is 5.19. The molecule has 1 aliphatic rings. The summed E-state index contributed by atoms with van der Waals surface area (Å²) in [5.41, 5.74) is 1.88. The average Bonchev–Trinajstić information content (AvgIpc) is 2.14. The zero-order chi connectivity index (χ0) is 8.65. The lowest BCUT2D eigenvalue weighted by Gasteiger charge is -2.22. The highest BCUT2D eigenvalue weighted by Crippen LogP contribution is 2.08. The van der Waals surface area contributed by atoms with Gasteiger partial charge in [0.1, 0.15) is 0 Å². The lowest BCUT2D eigenvalue weighted by molar-refractivity contribution is 0.241. The fraction of sp³-hybridized carbons (Fsp3) is 0.875. The van der Waals surface area contributed by atoms with E-state index in [1.54, 1.807) is 11.9 Å². The van der Waals surface area contributed by atoms with E-state index < -0.39 is 0 Å². The highest BCUT2D eigenvalue weighted by Gasteiger charge is 2.05. The second kappa shape index (κ2) is 6.31. The van der Waals surface area contributed by atoms with Crippen molar-refractivity contribution in [2.24, 2.45) is 5.10 Å². The van der Waals surface area contributed by atoms with E-state index in [1.165, 1.54) is 19.3 Å². The Morgan fingerprint density at radius 3 is 2.83 bits per heavy atom. The van der Waals surface area contributed by atoms with Gasteiger partial charge in [-0.05, 0) is 31.2 Å². The molecule has 0 aromatic heterocycles. The van der Waals surface area contributed by atoms with Gasteiger partial charge in [-0.3, -0.25) is 9.73 Å². The summed E-state index contributed by atoms with van der Waals surface area (Å²) < 4.78 is 3.13. The normalized spacial score (nSPS) is 18.9. The standard InChI is InChI=1S/C8H17N3S/c1-2-10-12-8-9-11-6-4-3-5-7-11/h8,10H,2-7H2,1H3. The van der Waals surface area contributed by atoms with Gasteiger partial charge in [-0.1, -0.05) is 6.92 Å². The molecule has 0 aliphatic carbocycles. The lowest BCUT2D eigenvalue weighted by Crippen LogP contribution is -2.24. The number of rotatable bonds is 4. The van der Waals surface area contributed by atoms with Crippen molar-refractivity contribution < 1.29 is 0 Å². The molecule has 0 spiro atoms. The summed E-state index contributed by atoms with van der Waals surface area (Å²) in [6, 6.07) is 0. The zero-order valence-electron chi connectivity index (χ0n) is 7.62. The van der Waals surface area contributed by atoms with Gasteiger partial charge < -0.3 is 0 Å². The van der Waals surface area contributed by atoms with Crippen LogP contribution in [0.5, 0.6) is 0 Å². The Morgan fingerprint density at radius 1 is 1.42 bits per heavy atom. The van der Waals surface area contributed by atoms with Crippen molar-refractivity contribution in [3.63, 3.8) is 0 Å². The van der Waals surface area contributed by atoms with Gasteiger partial charge in [-0.15, -0.1) is 0 Å². The van der Waals surface area contributed by atoms with Crippen LogP contribution in [0.1, 0.15) is 26.2 Å². The Bertz CT molecular complexity index is 132. The first-order chi connectivity index (χ1) is 5.93. The van der Waals surface area contributed by atoms with Crippen molar-refractivity contribution in [3.05, 3.63) is 0 Å². The molecule has 1 N–H and O–H groups in total. The van der Waals surface area contributed by atoms with Crippen LogP contribution in [0, 0.1) is 0 Å². The van der Waals surface area contributed by atoms with Crippen LogP contribution < -0.4 is 4.72 Å². The molecule has 0 bridgehead atoms. The number of nitrogens with zero attached hydrogens (tertiary/aromatic N) is 2. The minimum absolute atomic E-state index is 0.983. The quantitative estimate of drug-likeness (QED) is 0.314. The van der Waals surface area contributed by atoms with Crippen LogP contribution in [0.25, 0.3) is 0 Å². The van der Waals surface area contributed by atoms with Gasteiger partial charge in [-0.25, -0.2) is 0 Å². The highest BCUT2D eigenvalue weighted by atomic mass is 32.2. The maximum atomic E-state index is 4.33. The summed E-state index contributed by atoms with van der Waals surface area (Å²) in [5, 5.41) is 6.48. The molecular weight excluding hydrogens is 170 g/mol. The zero-order valence-corrected chi connectivity index (χ0v) is 8.44. The Labute approximate surface area is 78.7 Å². The second-order valence-electron chi connectivity index (χ2n) is 2.85. The van der Waals surface area contributed by atoms with E-state index in [0.717, 1.165) is 19.6 Å². The molecule has 0 aromatic rings. The summed E-state index contributed by atoms with van der Waals surface area (Å²) in [6.07, 6.45) is 3.96. The molecule has 0 amide bonds. The van der Waals surface area contributed by atoms with Gasteiger partial charge >= 0.3 is 0 Å². The van der Waals surface area contributed by atoms with Crippen LogP contribution in [0.3, 0.4) is 0 Å². The van der Waals surface area contributed by atoms with Crippen LogP contribution in [-0.4, -0.2) is 30.2 Å². The van der Waals surface area contributed by atoms with E-state index in [-0.39, 0.29) is 0 Å². The van der Waals surface area contributed by atoms with E-state index in [2.05, 4.69) is 21.8 Å². The molecule has 0 radical (unpaired) electrons. The summed E-state index contributed by atoms with van der Waals surface area (Å²) in [6.45, 7) is 5.32. The van der Waals surface area contributed by atoms with Gasteiger partial charge in [0, 0.05) is 19.6 Å². The van der Waals surface area contributed by atoms with E-state index >= 15 is 0 Å². The van der Waals surface area contributed by atoms with Crippen LogP contribution >= 0.6 is 11.9 Å². The Balaban J connectivity index is 2.07. The first-order valence-corrected chi connectivity index (χ1v) is 5.47. The topological polar surface area (TPSA) is 27.6 Å². The molecule has 1 saturated heterocycles. The van der Waals surface area contributed by atoms with E-state index in [9.17, 15) is 0 Å². The average molecular weight is 187 g/mol. The molecule has 4 heteroatoms. The Morgan fingerprint density at radius 2 is 2.17 bits per heavy atom. The monoisotopic (exact) mass is 187 g/mol. The van der Waals surface area contributed by atoms with Crippen LogP contribution in [0.4, 0.5) is 0 Å². The maximum Gasteiger partial charge on any atom is 0.0951 e. The summed E-state index contributed by atoms with van der Waals surface area (Å²) in [4.78, 5) is 0. The lowest BCUT2D eigenvalue weighted by atomic mass is 10.2. The summed E-state index contributed by atoms with van der Waals surface area (Å²) in [5.74, 6) is 0. The first-order valence-electron chi connectivity index (χ1n) is 4.59. The summed E-state index contributed by atoms with van der Waals surface area (Å²) >= 11 is 1.56. The number of hydrogen-bond acceptors (Lipinski definition) is 4. The largest absolute Gasteiger partial charge is 0.297 e. The van der Waals surface area contributed by atoms with Crippen molar-refractivity contribution in [2.75, 3.05) is 19.6 Å². The third-order valence-corrected chi connectivity index (χ3v) is 2.48. The molecule has 3 nitrogen and oxygen atoms in total. The number of hydrogen-bond donors (Lipinski definition) is 1. The maximum absolute atomic E-state index is 4.33. The molecule has 0 saturated carbocycles. The van der Waals surface area contributed by atoms with Crippen LogP contribution in [0.2, 0.25) is 0 Å². The summed E-state index contributed by atoms with van der Waals surface area (Å²) in [7, 11) is 0. The molecule has 1 rings (SSSR count). The highest BCUT2D eigenvalue weighted by molar-refractivity contribution is 8.10. The third kappa shape index (κ3) is 3.97. The van der Waals surface area contributed by atoms with Crippen LogP contribution in [0.15, 0.2) is 5.10 Å². The Hall–Kier alpha value is -0.220. The first kappa shape index (κ1) is 9.86. The number of hydrazone groups is 1. The molecule has 1 aliphatic heterocycles. The molecule has 12 heavy (non-hydrogen) atoms. The van der Waals surface area contributed by atoms with Gasteiger partial charge in [0.25, 0.3) is 0 Å². The van der Waals surface area contributed by atoms with Gasteiger partial charge in [0.15, 0.2) is 0 Å². The van der Waals surface area contributed by atoms with Crippen molar-refractivity contribution in [1.82, 2.24) is 9.73 Å². The third-order valence-electron chi connectivity index (χ3n) is 1.82.